The number of rotatable bonds is 6. The molecule has 1 aliphatic heterocycles. The van der Waals surface area contributed by atoms with E-state index < -0.39 is 6.04 Å². The Morgan fingerprint density at radius 2 is 2.08 bits per heavy atom. The number of nitrogens with zero attached hydrogens (tertiary/aromatic N) is 4. The van der Waals surface area contributed by atoms with E-state index in [1.807, 2.05) is 13.8 Å². The second-order valence-electron chi connectivity index (χ2n) is 6.91. The molecule has 1 atom stereocenters. The number of halogens is 1. The van der Waals surface area contributed by atoms with Crippen LogP contribution in [0.4, 0.5) is 4.39 Å². The molecule has 0 bridgehead atoms. The smallest absolute Gasteiger partial charge is 0.248 e. The van der Waals surface area contributed by atoms with Gasteiger partial charge in [0.1, 0.15) is 18.4 Å². The minimum absolute atomic E-state index is 0.0280. The van der Waals surface area contributed by atoms with Crippen molar-refractivity contribution in [1.29, 1.82) is 0 Å². The number of benzene rings is 1. The van der Waals surface area contributed by atoms with Gasteiger partial charge in [-0.25, -0.2) is 9.07 Å². The van der Waals surface area contributed by atoms with Gasteiger partial charge in [-0.05, 0) is 30.0 Å². The first-order chi connectivity index (χ1) is 12.4. The predicted octanol–water partition coefficient (Wildman–Crippen LogP) is 1.66. The molecule has 138 valence electrons. The molecule has 0 spiro atoms. The van der Waals surface area contributed by atoms with Crippen molar-refractivity contribution in [3.05, 3.63) is 47.5 Å². The summed E-state index contributed by atoms with van der Waals surface area (Å²) in [6.45, 7) is 4.65. The van der Waals surface area contributed by atoms with Gasteiger partial charge in [0.2, 0.25) is 11.8 Å². The van der Waals surface area contributed by atoms with Crippen molar-refractivity contribution in [2.24, 2.45) is 5.92 Å². The van der Waals surface area contributed by atoms with Crippen LogP contribution in [0.1, 0.15) is 37.6 Å². The molecule has 8 heteroatoms. The number of hydrogen-bond donors (Lipinski definition) is 1. The summed E-state index contributed by atoms with van der Waals surface area (Å²) in [5, 5.41) is 10.7. The number of carbonyl (C=O) groups excluding carboxylic acids is 2. The molecule has 0 fully saturated rings. The maximum Gasteiger partial charge on any atom is 0.248 e. The number of nitrogens with one attached hydrogen (secondary N) is 1. The second kappa shape index (κ2) is 7.63. The average Bonchev–Trinajstić information content (AvgIpc) is 3.06. The minimum atomic E-state index is -0.425. The van der Waals surface area contributed by atoms with Crippen LogP contribution in [0.25, 0.3) is 0 Å². The van der Waals surface area contributed by atoms with Crippen LogP contribution in [0, 0.1) is 11.7 Å². The third-order valence-corrected chi connectivity index (χ3v) is 4.33. The standard InChI is InChI=1S/C18H22FN5O2/c1-12(2)7-16-18(26)23(10-15-9-21-22-24(15)16)11-17(25)20-8-13-3-5-14(19)6-4-13/h3-6,9,12,16H,7-8,10-11H2,1-2H3,(H,20,25)/t16-/m0/s1. The zero-order valence-electron chi connectivity index (χ0n) is 14.9. The van der Waals surface area contributed by atoms with Crippen molar-refractivity contribution in [3.63, 3.8) is 0 Å². The average molecular weight is 359 g/mol. The fourth-order valence-electron chi connectivity index (χ4n) is 3.04. The highest BCUT2D eigenvalue weighted by molar-refractivity contribution is 5.87. The zero-order chi connectivity index (χ0) is 18.7. The van der Waals surface area contributed by atoms with Gasteiger partial charge in [-0.2, -0.15) is 0 Å². The van der Waals surface area contributed by atoms with Gasteiger partial charge in [-0.1, -0.05) is 31.2 Å². The lowest BCUT2D eigenvalue weighted by Gasteiger charge is -2.33. The molecule has 1 N–H and O–H groups in total. The molecule has 26 heavy (non-hydrogen) atoms. The number of fused-ring (bicyclic) bond motifs is 1. The number of hydrogen-bond acceptors (Lipinski definition) is 4. The van der Waals surface area contributed by atoms with Crippen LogP contribution in [0.5, 0.6) is 0 Å². The van der Waals surface area contributed by atoms with Gasteiger partial charge < -0.3 is 10.2 Å². The number of amides is 2. The molecule has 0 unspecified atom stereocenters. The van der Waals surface area contributed by atoms with Crippen LogP contribution >= 0.6 is 0 Å². The van der Waals surface area contributed by atoms with E-state index in [-0.39, 0.29) is 30.7 Å². The Morgan fingerprint density at radius 3 is 2.77 bits per heavy atom. The van der Waals surface area contributed by atoms with E-state index in [0.29, 0.717) is 18.9 Å². The largest absolute Gasteiger partial charge is 0.350 e. The molecule has 2 heterocycles. The summed E-state index contributed by atoms with van der Waals surface area (Å²) in [6, 6.07) is 5.50. The summed E-state index contributed by atoms with van der Waals surface area (Å²) in [5.74, 6) is -0.380. The molecule has 2 amide bonds. The Hall–Kier alpha value is -2.77. The van der Waals surface area contributed by atoms with Crippen molar-refractivity contribution in [2.75, 3.05) is 6.54 Å². The topological polar surface area (TPSA) is 80.1 Å². The van der Waals surface area contributed by atoms with Crippen molar-refractivity contribution in [3.8, 4) is 0 Å². The third-order valence-electron chi connectivity index (χ3n) is 4.33. The highest BCUT2D eigenvalue weighted by atomic mass is 19.1. The fourth-order valence-corrected chi connectivity index (χ4v) is 3.04. The van der Waals surface area contributed by atoms with Crippen molar-refractivity contribution in [1.82, 2.24) is 25.2 Å². The summed E-state index contributed by atoms with van der Waals surface area (Å²) in [5.41, 5.74) is 1.62. The highest BCUT2D eigenvalue weighted by Crippen LogP contribution is 2.26. The molecule has 1 aromatic carbocycles. The van der Waals surface area contributed by atoms with Gasteiger partial charge in [0.25, 0.3) is 0 Å². The molecule has 1 aromatic heterocycles. The van der Waals surface area contributed by atoms with Gasteiger partial charge in [-0.3, -0.25) is 9.59 Å². The molecular formula is C18H22FN5O2. The van der Waals surface area contributed by atoms with Gasteiger partial charge in [-0.15, -0.1) is 5.10 Å². The van der Waals surface area contributed by atoms with E-state index in [1.165, 1.54) is 17.0 Å². The first-order valence-electron chi connectivity index (χ1n) is 8.63. The van der Waals surface area contributed by atoms with Crippen LogP contribution in [0.2, 0.25) is 0 Å². The first-order valence-corrected chi connectivity index (χ1v) is 8.63. The number of aromatic nitrogens is 3. The molecule has 1 aliphatic rings. The quantitative estimate of drug-likeness (QED) is 0.851. The molecule has 0 aliphatic carbocycles. The number of carbonyl (C=O) groups is 2. The lowest BCUT2D eigenvalue weighted by Crippen LogP contribution is -2.47. The van der Waals surface area contributed by atoms with E-state index in [4.69, 9.17) is 0 Å². The Kier molecular flexibility index (Phi) is 5.29. The van der Waals surface area contributed by atoms with Gasteiger partial charge in [0.05, 0.1) is 18.4 Å². The summed E-state index contributed by atoms with van der Waals surface area (Å²) in [7, 11) is 0. The Labute approximate surface area is 151 Å². The lowest BCUT2D eigenvalue weighted by molar-refractivity contribution is -0.142. The maximum absolute atomic E-state index is 12.9. The summed E-state index contributed by atoms with van der Waals surface area (Å²) in [6.07, 6.45) is 2.27. The van der Waals surface area contributed by atoms with E-state index >= 15 is 0 Å². The molecule has 0 radical (unpaired) electrons. The van der Waals surface area contributed by atoms with Crippen LogP contribution in [0.3, 0.4) is 0 Å². The van der Waals surface area contributed by atoms with Crippen LogP contribution in [-0.2, 0) is 22.7 Å². The van der Waals surface area contributed by atoms with Crippen LogP contribution in [-0.4, -0.2) is 38.3 Å². The molecule has 7 nitrogen and oxygen atoms in total. The normalized spacial score (nSPS) is 16.7. The maximum atomic E-state index is 12.9. The third kappa shape index (κ3) is 4.07. The van der Waals surface area contributed by atoms with Gasteiger partial charge >= 0.3 is 0 Å². The highest BCUT2D eigenvalue weighted by Gasteiger charge is 2.35. The van der Waals surface area contributed by atoms with Crippen LogP contribution < -0.4 is 5.32 Å². The summed E-state index contributed by atoms with van der Waals surface area (Å²) < 4.78 is 14.6. The first kappa shape index (κ1) is 18.0. The zero-order valence-corrected chi connectivity index (χ0v) is 14.9. The van der Waals surface area contributed by atoms with Gasteiger partial charge in [0, 0.05) is 6.54 Å². The Morgan fingerprint density at radius 1 is 1.35 bits per heavy atom. The molecular weight excluding hydrogens is 337 g/mol. The van der Waals surface area contributed by atoms with E-state index in [2.05, 4.69) is 15.6 Å². The Bertz CT molecular complexity index is 787. The molecule has 0 saturated heterocycles. The summed E-state index contributed by atoms with van der Waals surface area (Å²) >= 11 is 0. The summed E-state index contributed by atoms with van der Waals surface area (Å²) in [4.78, 5) is 26.6. The Balaban J connectivity index is 1.62. The lowest BCUT2D eigenvalue weighted by atomic mass is 10.0. The molecule has 0 saturated carbocycles. The SMILES string of the molecule is CC(C)C[C@H]1C(=O)N(CC(=O)NCc2ccc(F)cc2)Cc2cnnn21. The molecule has 3 rings (SSSR count). The van der Waals surface area contributed by atoms with Crippen LogP contribution in [0.15, 0.2) is 30.5 Å². The monoisotopic (exact) mass is 359 g/mol. The fraction of sp³-hybridized carbons (Fsp3) is 0.444. The van der Waals surface area contributed by atoms with E-state index in [1.54, 1.807) is 23.0 Å². The van der Waals surface area contributed by atoms with E-state index in [9.17, 15) is 14.0 Å². The minimum Gasteiger partial charge on any atom is -0.350 e. The van der Waals surface area contributed by atoms with Crippen molar-refractivity contribution < 1.29 is 14.0 Å². The van der Waals surface area contributed by atoms with E-state index in [0.717, 1.165) is 11.3 Å². The van der Waals surface area contributed by atoms with Crippen molar-refractivity contribution in [2.45, 2.75) is 39.4 Å². The van der Waals surface area contributed by atoms with Crippen molar-refractivity contribution >= 4 is 11.8 Å². The molecule has 2 aromatic rings. The van der Waals surface area contributed by atoms with Gasteiger partial charge in [0.15, 0.2) is 0 Å². The second-order valence-corrected chi connectivity index (χ2v) is 6.91. The predicted molar refractivity (Wildman–Crippen MR) is 92.2 cm³/mol.